The number of amides is 1. The number of fused-ring (bicyclic) bond motifs is 1. The Morgan fingerprint density at radius 3 is 2.86 bits per heavy atom. The molecule has 4 heteroatoms. The Labute approximate surface area is 138 Å². The predicted octanol–water partition coefficient (Wildman–Crippen LogP) is 4.43. The van der Waals surface area contributed by atoms with Crippen molar-refractivity contribution in [2.24, 2.45) is 0 Å². The normalized spacial score (nSPS) is 16.3. The van der Waals surface area contributed by atoms with Crippen LogP contribution in [0.4, 0.5) is 5.69 Å². The molecule has 1 aliphatic heterocycles. The SMILES string of the molecule is CCOc1ccc(Br)c(C[C@H]2C(=O)Nc3c(C)cccc32)c1. The quantitative estimate of drug-likeness (QED) is 0.876. The van der Waals surface area contributed by atoms with Crippen molar-refractivity contribution in [3.8, 4) is 5.75 Å². The maximum atomic E-state index is 12.4. The van der Waals surface area contributed by atoms with Gasteiger partial charge in [-0.05, 0) is 55.2 Å². The molecule has 0 saturated carbocycles. The summed E-state index contributed by atoms with van der Waals surface area (Å²) >= 11 is 3.58. The van der Waals surface area contributed by atoms with Crippen LogP contribution < -0.4 is 10.1 Å². The third-order valence-corrected chi connectivity index (χ3v) is 4.77. The van der Waals surface area contributed by atoms with Crippen molar-refractivity contribution in [1.82, 2.24) is 0 Å². The molecule has 0 aliphatic carbocycles. The van der Waals surface area contributed by atoms with Gasteiger partial charge in [0.25, 0.3) is 0 Å². The van der Waals surface area contributed by atoms with E-state index in [9.17, 15) is 4.79 Å². The largest absolute Gasteiger partial charge is 0.494 e. The van der Waals surface area contributed by atoms with E-state index in [1.54, 1.807) is 0 Å². The zero-order valence-corrected chi connectivity index (χ0v) is 14.2. The molecule has 0 fully saturated rings. The third-order valence-electron chi connectivity index (χ3n) is 4.00. The number of hydrogen-bond acceptors (Lipinski definition) is 2. The summed E-state index contributed by atoms with van der Waals surface area (Å²) in [5, 5.41) is 3.01. The summed E-state index contributed by atoms with van der Waals surface area (Å²) in [4.78, 5) is 12.4. The van der Waals surface area contributed by atoms with Crippen molar-refractivity contribution in [1.29, 1.82) is 0 Å². The standard InChI is InChI=1S/C18H18BrNO2/c1-3-22-13-7-8-16(19)12(9-13)10-15-14-6-4-5-11(2)17(14)20-18(15)21/h4-9,15H,3,10H2,1-2H3,(H,20,21)/t15-/m1/s1. The Morgan fingerprint density at radius 2 is 2.09 bits per heavy atom. The molecule has 1 amide bonds. The molecule has 0 radical (unpaired) electrons. The molecular formula is C18H18BrNO2. The minimum atomic E-state index is -0.150. The Hall–Kier alpha value is -1.81. The number of halogens is 1. The van der Waals surface area contributed by atoms with Gasteiger partial charge >= 0.3 is 0 Å². The van der Waals surface area contributed by atoms with Crippen molar-refractivity contribution in [3.63, 3.8) is 0 Å². The minimum absolute atomic E-state index is 0.0676. The number of nitrogens with one attached hydrogen (secondary N) is 1. The smallest absolute Gasteiger partial charge is 0.232 e. The second-order valence-corrected chi connectivity index (χ2v) is 6.33. The summed E-state index contributed by atoms with van der Waals surface area (Å²) in [6.07, 6.45) is 0.657. The molecule has 114 valence electrons. The van der Waals surface area contributed by atoms with Gasteiger partial charge in [-0.1, -0.05) is 34.1 Å². The van der Waals surface area contributed by atoms with Gasteiger partial charge in [-0.25, -0.2) is 0 Å². The maximum Gasteiger partial charge on any atom is 0.232 e. The number of rotatable bonds is 4. The van der Waals surface area contributed by atoms with Crippen molar-refractivity contribution < 1.29 is 9.53 Å². The number of hydrogen-bond donors (Lipinski definition) is 1. The van der Waals surface area contributed by atoms with Crippen LogP contribution in [-0.2, 0) is 11.2 Å². The Morgan fingerprint density at radius 1 is 1.27 bits per heavy atom. The number of benzene rings is 2. The van der Waals surface area contributed by atoms with Gasteiger partial charge in [0, 0.05) is 10.2 Å². The first kappa shape index (κ1) is 15.1. The first-order chi connectivity index (χ1) is 10.6. The molecule has 1 N–H and O–H groups in total. The van der Waals surface area contributed by atoms with Gasteiger partial charge in [-0.2, -0.15) is 0 Å². The van der Waals surface area contributed by atoms with E-state index in [-0.39, 0.29) is 11.8 Å². The average molecular weight is 360 g/mol. The second kappa shape index (κ2) is 6.13. The van der Waals surface area contributed by atoms with E-state index in [1.165, 1.54) is 0 Å². The van der Waals surface area contributed by atoms with E-state index in [2.05, 4.69) is 21.2 Å². The van der Waals surface area contributed by atoms with Crippen LogP contribution in [0, 0.1) is 6.92 Å². The molecule has 2 aromatic carbocycles. The Balaban J connectivity index is 1.93. The predicted molar refractivity (Wildman–Crippen MR) is 91.6 cm³/mol. The molecule has 3 nitrogen and oxygen atoms in total. The molecule has 1 atom stereocenters. The van der Waals surface area contributed by atoms with E-state index in [0.29, 0.717) is 13.0 Å². The van der Waals surface area contributed by atoms with Gasteiger partial charge < -0.3 is 10.1 Å². The molecular weight excluding hydrogens is 342 g/mol. The van der Waals surface area contributed by atoms with Crippen LogP contribution in [0.15, 0.2) is 40.9 Å². The number of carbonyl (C=O) groups is 1. The fraction of sp³-hybridized carbons (Fsp3) is 0.278. The molecule has 22 heavy (non-hydrogen) atoms. The number of ether oxygens (including phenoxy) is 1. The zero-order chi connectivity index (χ0) is 15.7. The van der Waals surface area contributed by atoms with Crippen LogP contribution in [0.3, 0.4) is 0 Å². The zero-order valence-electron chi connectivity index (χ0n) is 12.7. The molecule has 1 aliphatic rings. The minimum Gasteiger partial charge on any atom is -0.494 e. The van der Waals surface area contributed by atoms with Crippen LogP contribution in [0.5, 0.6) is 5.75 Å². The Bertz CT molecular complexity index is 727. The van der Waals surface area contributed by atoms with Crippen molar-refractivity contribution in [3.05, 3.63) is 57.6 Å². The highest BCUT2D eigenvalue weighted by Gasteiger charge is 2.31. The van der Waals surface area contributed by atoms with Gasteiger partial charge in [0.2, 0.25) is 5.91 Å². The number of para-hydroxylation sites is 1. The molecule has 0 aromatic heterocycles. The van der Waals surface area contributed by atoms with Crippen LogP contribution in [0.25, 0.3) is 0 Å². The lowest BCUT2D eigenvalue weighted by Crippen LogP contribution is -2.14. The Kier molecular flexibility index (Phi) is 4.21. The van der Waals surface area contributed by atoms with Crippen LogP contribution in [-0.4, -0.2) is 12.5 Å². The molecule has 2 aromatic rings. The number of anilines is 1. The van der Waals surface area contributed by atoms with Gasteiger partial charge in [-0.3, -0.25) is 4.79 Å². The molecule has 0 spiro atoms. The lowest BCUT2D eigenvalue weighted by atomic mass is 9.92. The summed E-state index contributed by atoms with van der Waals surface area (Å²) in [6.45, 7) is 4.62. The monoisotopic (exact) mass is 359 g/mol. The van der Waals surface area contributed by atoms with Crippen LogP contribution in [0.2, 0.25) is 0 Å². The van der Waals surface area contributed by atoms with E-state index >= 15 is 0 Å². The molecule has 0 bridgehead atoms. The fourth-order valence-corrected chi connectivity index (χ4v) is 3.30. The van der Waals surface area contributed by atoms with E-state index in [1.807, 2.05) is 50.2 Å². The van der Waals surface area contributed by atoms with E-state index < -0.39 is 0 Å². The summed E-state index contributed by atoms with van der Waals surface area (Å²) in [6, 6.07) is 12.0. The summed E-state index contributed by atoms with van der Waals surface area (Å²) in [7, 11) is 0. The third kappa shape index (κ3) is 2.75. The van der Waals surface area contributed by atoms with E-state index in [4.69, 9.17) is 4.74 Å². The maximum absolute atomic E-state index is 12.4. The first-order valence-corrected chi connectivity index (χ1v) is 8.21. The van der Waals surface area contributed by atoms with Crippen molar-refractivity contribution in [2.45, 2.75) is 26.2 Å². The van der Waals surface area contributed by atoms with Gasteiger partial charge in [0.05, 0.1) is 12.5 Å². The van der Waals surface area contributed by atoms with Crippen LogP contribution >= 0.6 is 15.9 Å². The highest BCUT2D eigenvalue weighted by Crippen LogP contribution is 2.38. The van der Waals surface area contributed by atoms with Gasteiger partial charge in [0.15, 0.2) is 0 Å². The summed E-state index contributed by atoms with van der Waals surface area (Å²) in [5.41, 5.74) is 4.24. The van der Waals surface area contributed by atoms with Crippen molar-refractivity contribution in [2.75, 3.05) is 11.9 Å². The van der Waals surface area contributed by atoms with E-state index in [0.717, 1.165) is 32.6 Å². The highest BCUT2D eigenvalue weighted by molar-refractivity contribution is 9.10. The molecule has 1 heterocycles. The molecule has 0 unspecified atom stereocenters. The average Bonchev–Trinajstić information content (AvgIpc) is 2.81. The summed E-state index contributed by atoms with van der Waals surface area (Å²) in [5.74, 6) is 0.754. The first-order valence-electron chi connectivity index (χ1n) is 7.41. The van der Waals surface area contributed by atoms with Gasteiger partial charge in [-0.15, -0.1) is 0 Å². The number of aryl methyl sites for hydroxylation is 1. The topological polar surface area (TPSA) is 38.3 Å². The van der Waals surface area contributed by atoms with Crippen molar-refractivity contribution >= 4 is 27.5 Å². The molecule has 0 saturated heterocycles. The highest BCUT2D eigenvalue weighted by atomic mass is 79.9. The lowest BCUT2D eigenvalue weighted by Gasteiger charge is -2.12. The lowest BCUT2D eigenvalue weighted by molar-refractivity contribution is -0.117. The fourth-order valence-electron chi connectivity index (χ4n) is 2.89. The van der Waals surface area contributed by atoms with Crippen LogP contribution in [0.1, 0.15) is 29.5 Å². The second-order valence-electron chi connectivity index (χ2n) is 5.47. The summed E-state index contributed by atoms with van der Waals surface area (Å²) < 4.78 is 6.56. The molecule has 3 rings (SSSR count). The number of carbonyl (C=O) groups excluding carboxylic acids is 1. The van der Waals surface area contributed by atoms with Gasteiger partial charge in [0.1, 0.15) is 5.75 Å².